The van der Waals surface area contributed by atoms with Gasteiger partial charge in [-0.05, 0) is 27.7 Å². The molecule has 0 aromatic carbocycles. The molecule has 0 spiro atoms. The third-order valence-electron chi connectivity index (χ3n) is 5.18. The first-order valence-electron chi connectivity index (χ1n) is 9.51. The number of hydrogen-bond acceptors (Lipinski definition) is 11. The lowest BCUT2D eigenvalue weighted by atomic mass is 10.0. The van der Waals surface area contributed by atoms with Gasteiger partial charge in [-0.15, -0.1) is 5.10 Å². The van der Waals surface area contributed by atoms with Gasteiger partial charge >= 0.3 is 11.9 Å². The zero-order valence-corrected chi connectivity index (χ0v) is 17.6. The van der Waals surface area contributed by atoms with Crippen molar-refractivity contribution in [3.63, 3.8) is 0 Å². The molecule has 3 aliphatic rings. The van der Waals surface area contributed by atoms with Gasteiger partial charge in [-0.1, -0.05) is 5.21 Å². The van der Waals surface area contributed by atoms with E-state index in [0.29, 0.717) is 0 Å². The second-order valence-corrected chi connectivity index (χ2v) is 8.14. The fourth-order valence-corrected chi connectivity index (χ4v) is 4.00. The summed E-state index contributed by atoms with van der Waals surface area (Å²) in [6.45, 7) is 7.34. The number of carbonyl (C=O) groups excluding carboxylic acids is 2. The maximum atomic E-state index is 12.5. The second-order valence-electron chi connectivity index (χ2n) is 8.14. The van der Waals surface area contributed by atoms with Gasteiger partial charge in [0.1, 0.15) is 24.4 Å². The third-order valence-corrected chi connectivity index (χ3v) is 5.18. The normalized spacial score (nSPS) is 34.0. The van der Waals surface area contributed by atoms with Gasteiger partial charge < -0.3 is 33.2 Å². The molecule has 4 rings (SSSR count). The third kappa shape index (κ3) is 3.48. The lowest BCUT2D eigenvalue weighted by molar-refractivity contribution is -0.226. The number of methoxy groups -OCH3 is 2. The quantitative estimate of drug-likeness (QED) is 0.620. The molecule has 3 saturated heterocycles. The molecule has 0 amide bonds. The van der Waals surface area contributed by atoms with Crippen LogP contribution >= 0.6 is 0 Å². The summed E-state index contributed by atoms with van der Waals surface area (Å²) in [7, 11) is 2.38. The van der Waals surface area contributed by atoms with E-state index in [9.17, 15) is 9.59 Å². The van der Waals surface area contributed by atoms with Crippen molar-refractivity contribution in [2.24, 2.45) is 0 Å². The summed E-state index contributed by atoms with van der Waals surface area (Å²) in [5, 5.41) is 7.91. The van der Waals surface area contributed by atoms with Crippen LogP contribution in [-0.4, -0.2) is 83.9 Å². The number of hydrogen-bond donors (Lipinski definition) is 0. The zero-order valence-electron chi connectivity index (χ0n) is 17.6. The Bertz CT molecular complexity index is 852. The first-order valence-corrected chi connectivity index (χ1v) is 9.51. The predicted molar refractivity (Wildman–Crippen MR) is 95.3 cm³/mol. The van der Waals surface area contributed by atoms with Crippen molar-refractivity contribution in [3.05, 3.63) is 11.4 Å². The molecule has 0 N–H and O–H groups in total. The van der Waals surface area contributed by atoms with Crippen LogP contribution in [0, 0.1) is 0 Å². The van der Waals surface area contributed by atoms with Crippen LogP contribution in [0.4, 0.5) is 0 Å². The van der Waals surface area contributed by atoms with Crippen LogP contribution in [-0.2, 0) is 33.2 Å². The molecule has 1 aromatic rings. The molecule has 1 aromatic heterocycles. The SMILES string of the molecule is COC(=O)c1nnn([C@@H]2[C@H]3OC(C)(C)O[C@H]3O[C@@H]2C2COC(C)(C)O2)c1C(=O)OC. The maximum Gasteiger partial charge on any atom is 0.361 e. The highest BCUT2D eigenvalue weighted by Gasteiger charge is 2.60. The van der Waals surface area contributed by atoms with Crippen molar-refractivity contribution in [1.82, 2.24) is 15.0 Å². The van der Waals surface area contributed by atoms with E-state index in [4.69, 9.17) is 33.2 Å². The zero-order chi connectivity index (χ0) is 21.8. The lowest BCUT2D eigenvalue weighted by Gasteiger charge is -2.29. The molecule has 30 heavy (non-hydrogen) atoms. The number of esters is 2. The first-order chi connectivity index (χ1) is 14.1. The molecule has 1 unspecified atom stereocenters. The molecule has 4 heterocycles. The van der Waals surface area contributed by atoms with Crippen LogP contribution in [0.2, 0.25) is 0 Å². The smallest absolute Gasteiger partial charge is 0.361 e. The van der Waals surface area contributed by atoms with E-state index in [1.807, 2.05) is 0 Å². The fourth-order valence-electron chi connectivity index (χ4n) is 4.00. The summed E-state index contributed by atoms with van der Waals surface area (Å²) < 4.78 is 40.5. The highest BCUT2D eigenvalue weighted by atomic mass is 16.8. The van der Waals surface area contributed by atoms with Gasteiger partial charge in [-0.2, -0.15) is 0 Å². The average Bonchev–Trinajstić information content (AvgIpc) is 3.40. The van der Waals surface area contributed by atoms with Crippen molar-refractivity contribution in [2.45, 2.75) is 69.9 Å². The van der Waals surface area contributed by atoms with Crippen molar-refractivity contribution in [1.29, 1.82) is 0 Å². The van der Waals surface area contributed by atoms with E-state index in [1.165, 1.54) is 18.9 Å². The van der Waals surface area contributed by atoms with Crippen molar-refractivity contribution in [3.8, 4) is 0 Å². The lowest BCUT2D eigenvalue weighted by Crippen LogP contribution is -2.41. The number of ether oxygens (including phenoxy) is 7. The molecule has 12 heteroatoms. The molecule has 166 valence electrons. The van der Waals surface area contributed by atoms with Crippen molar-refractivity contribution in [2.75, 3.05) is 20.8 Å². The molecule has 3 fully saturated rings. The minimum Gasteiger partial charge on any atom is -0.464 e. The molecule has 12 nitrogen and oxygen atoms in total. The number of carbonyl (C=O) groups is 2. The van der Waals surface area contributed by atoms with E-state index in [2.05, 4.69) is 10.3 Å². The minimum atomic E-state index is -0.915. The van der Waals surface area contributed by atoms with Crippen LogP contribution in [0.5, 0.6) is 0 Å². The summed E-state index contributed by atoms with van der Waals surface area (Å²) in [6, 6.07) is -0.709. The van der Waals surface area contributed by atoms with Crippen LogP contribution in [0.1, 0.15) is 54.7 Å². The molecule has 5 atom stereocenters. The van der Waals surface area contributed by atoms with Crippen LogP contribution in [0.3, 0.4) is 0 Å². The van der Waals surface area contributed by atoms with E-state index < -0.39 is 54.2 Å². The first kappa shape index (κ1) is 21.1. The van der Waals surface area contributed by atoms with Gasteiger partial charge in [0.25, 0.3) is 0 Å². The van der Waals surface area contributed by atoms with Gasteiger partial charge in [0.15, 0.2) is 23.6 Å². The summed E-state index contributed by atoms with van der Waals surface area (Å²) in [6.07, 6.45) is -2.54. The van der Waals surface area contributed by atoms with E-state index in [-0.39, 0.29) is 18.0 Å². The van der Waals surface area contributed by atoms with Crippen LogP contribution in [0.25, 0.3) is 0 Å². The number of fused-ring (bicyclic) bond motifs is 1. The fraction of sp³-hybridized carbons (Fsp3) is 0.778. The Morgan fingerprint density at radius 3 is 2.30 bits per heavy atom. The molecular formula is C18H25N3O9. The monoisotopic (exact) mass is 427 g/mol. The Balaban J connectivity index is 1.77. The second kappa shape index (κ2) is 7.24. The highest BCUT2D eigenvalue weighted by molar-refractivity contribution is 6.00. The predicted octanol–water partition coefficient (Wildman–Crippen LogP) is 0.420. The Morgan fingerprint density at radius 1 is 1.00 bits per heavy atom. The molecule has 3 aliphatic heterocycles. The molecular weight excluding hydrogens is 402 g/mol. The highest BCUT2D eigenvalue weighted by Crippen LogP contribution is 2.46. The van der Waals surface area contributed by atoms with Gasteiger partial charge in [0.2, 0.25) is 5.69 Å². The minimum absolute atomic E-state index is 0.171. The topological polar surface area (TPSA) is 129 Å². The van der Waals surface area contributed by atoms with Gasteiger partial charge in [0.05, 0.1) is 20.8 Å². The largest absolute Gasteiger partial charge is 0.464 e. The number of nitrogens with zero attached hydrogens (tertiary/aromatic N) is 3. The molecule has 0 radical (unpaired) electrons. The van der Waals surface area contributed by atoms with E-state index in [1.54, 1.807) is 27.7 Å². The van der Waals surface area contributed by atoms with E-state index >= 15 is 0 Å². The van der Waals surface area contributed by atoms with Crippen molar-refractivity contribution < 1.29 is 42.7 Å². The number of aromatic nitrogens is 3. The molecule has 0 bridgehead atoms. The van der Waals surface area contributed by atoms with Gasteiger partial charge in [-0.25, -0.2) is 14.3 Å². The molecule has 0 aliphatic carbocycles. The Kier molecular flexibility index (Phi) is 5.10. The summed E-state index contributed by atoms with van der Waals surface area (Å²) in [4.78, 5) is 24.7. The Labute approximate surface area is 172 Å². The summed E-state index contributed by atoms with van der Waals surface area (Å²) in [5.41, 5.74) is -0.441. The van der Waals surface area contributed by atoms with Crippen LogP contribution < -0.4 is 0 Å². The summed E-state index contributed by atoms with van der Waals surface area (Å²) in [5.74, 6) is -3.34. The Hall–Kier alpha value is -2.12. The van der Waals surface area contributed by atoms with Gasteiger partial charge in [-0.3, -0.25) is 0 Å². The van der Waals surface area contributed by atoms with E-state index in [0.717, 1.165) is 0 Å². The maximum absolute atomic E-state index is 12.5. The average molecular weight is 427 g/mol. The van der Waals surface area contributed by atoms with Crippen molar-refractivity contribution >= 4 is 11.9 Å². The van der Waals surface area contributed by atoms with Gasteiger partial charge in [0, 0.05) is 0 Å². The Morgan fingerprint density at radius 2 is 1.70 bits per heavy atom. The summed E-state index contributed by atoms with van der Waals surface area (Å²) >= 11 is 0. The molecule has 0 saturated carbocycles. The van der Waals surface area contributed by atoms with Crippen LogP contribution in [0.15, 0.2) is 0 Å². The standard InChI is InChI=1S/C18H25N3O9/c1-17(2)26-7-8(28-17)12-11(13-16(27-12)30-18(3,4)29-13)21-10(15(23)25-6)9(19-20-21)14(22)24-5/h8,11-13,16H,7H2,1-6H3/t8?,11-,12+,13+,16+/m0/s1. The number of rotatable bonds is 4.